The predicted molar refractivity (Wildman–Crippen MR) is 74.1 cm³/mol. The SMILES string of the molecule is CC(C)NC(=O)CCCNS(=O)(=O)c1ccc(F)cc1. The second kappa shape index (κ2) is 7.35. The highest BCUT2D eigenvalue weighted by atomic mass is 32.2. The van der Waals surface area contributed by atoms with Crippen molar-refractivity contribution in [1.82, 2.24) is 10.0 Å². The van der Waals surface area contributed by atoms with Gasteiger partial charge in [0.15, 0.2) is 0 Å². The number of rotatable bonds is 7. The molecule has 2 N–H and O–H groups in total. The molecule has 0 radical (unpaired) electrons. The third-order valence-corrected chi connectivity index (χ3v) is 3.92. The van der Waals surface area contributed by atoms with Crippen molar-refractivity contribution in [2.45, 2.75) is 37.6 Å². The molecule has 0 spiro atoms. The highest BCUT2D eigenvalue weighted by Crippen LogP contribution is 2.09. The summed E-state index contributed by atoms with van der Waals surface area (Å²) in [5, 5.41) is 2.72. The quantitative estimate of drug-likeness (QED) is 0.748. The van der Waals surface area contributed by atoms with Gasteiger partial charge in [0.2, 0.25) is 15.9 Å². The monoisotopic (exact) mass is 302 g/mol. The fourth-order valence-electron chi connectivity index (χ4n) is 1.55. The molecule has 0 aliphatic rings. The van der Waals surface area contributed by atoms with Crippen LogP contribution in [0.15, 0.2) is 29.2 Å². The third kappa shape index (κ3) is 5.66. The number of amides is 1. The van der Waals surface area contributed by atoms with E-state index in [-0.39, 0.29) is 29.8 Å². The van der Waals surface area contributed by atoms with Crippen LogP contribution < -0.4 is 10.0 Å². The van der Waals surface area contributed by atoms with E-state index in [4.69, 9.17) is 0 Å². The standard InChI is InChI=1S/C13H19FN2O3S/c1-10(2)16-13(17)4-3-9-15-20(18,19)12-7-5-11(14)6-8-12/h5-8,10,15H,3-4,9H2,1-2H3,(H,16,17). The van der Waals surface area contributed by atoms with Crippen LogP contribution in [0.1, 0.15) is 26.7 Å². The van der Waals surface area contributed by atoms with Gasteiger partial charge in [0.05, 0.1) is 4.90 Å². The summed E-state index contributed by atoms with van der Waals surface area (Å²) < 4.78 is 38.8. The van der Waals surface area contributed by atoms with Gasteiger partial charge in [0.25, 0.3) is 0 Å². The lowest BCUT2D eigenvalue weighted by atomic mass is 10.3. The van der Waals surface area contributed by atoms with Crippen molar-refractivity contribution in [2.75, 3.05) is 6.54 Å². The van der Waals surface area contributed by atoms with E-state index < -0.39 is 15.8 Å². The number of benzene rings is 1. The van der Waals surface area contributed by atoms with E-state index in [1.54, 1.807) is 0 Å². The number of halogens is 1. The van der Waals surface area contributed by atoms with E-state index in [1.165, 1.54) is 12.1 Å². The summed E-state index contributed by atoms with van der Waals surface area (Å²) in [5.74, 6) is -0.602. The van der Waals surface area contributed by atoms with E-state index in [2.05, 4.69) is 10.0 Å². The fourth-order valence-corrected chi connectivity index (χ4v) is 2.62. The molecular formula is C13H19FN2O3S. The average Bonchev–Trinajstić information content (AvgIpc) is 2.34. The normalized spacial score (nSPS) is 11.6. The Balaban J connectivity index is 2.41. The molecule has 0 saturated carbocycles. The van der Waals surface area contributed by atoms with Crippen LogP contribution in [0.3, 0.4) is 0 Å². The minimum Gasteiger partial charge on any atom is -0.354 e. The number of sulfonamides is 1. The zero-order chi connectivity index (χ0) is 15.2. The number of nitrogens with one attached hydrogen (secondary N) is 2. The van der Waals surface area contributed by atoms with Crippen LogP contribution in [0, 0.1) is 5.82 Å². The van der Waals surface area contributed by atoms with Gasteiger partial charge in [-0.15, -0.1) is 0 Å². The zero-order valence-corrected chi connectivity index (χ0v) is 12.3. The van der Waals surface area contributed by atoms with Crippen molar-refractivity contribution >= 4 is 15.9 Å². The lowest BCUT2D eigenvalue weighted by Gasteiger charge is -2.09. The summed E-state index contributed by atoms with van der Waals surface area (Å²) in [5.41, 5.74) is 0. The summed E-state index contributed by atoms with van der Waals surface area (Å²) in [6.45, 7) is 3.87. The number of carbonyl (C=O) groups excluding carboxylic acids is 1. The number of carbonyl (C=O) groups is 1. The molecule has 0 saturated heterocycles. The topological polar surface area (TPSA) is 75.3 Å². The molecule has 0 fully saturated rings. The lowest BCUT2D eigenvalue weighted by Crippen LogP contribution is -2.31. The molecule has 1 amide bonds. The molecule has 1 rings (SSSR count). The molecular weight excluding hydrogens is 283 g/mol. The summed E-state index contributed by atoms with van der Waals surface area (Å²) in [4.78, 5) is 11.4. The van der Waals surface area contributed by atoms with Crippen molar-refractivity contribution in [1.29, 1.82) is 0 Å². The fraction of sp³-hybridized carbons (Fsp3) is 0.462. The minimum atomic E-state index is -3.65. The molecule has 1 aromatic carbocycles. The van der Waals surface area contributed by atoms with Gasteiger partial charge < -0.3 is 5.32 Å². The van der Waals surface area contributed by atoms with Gasteiger partial charge in [0.1, 0.15) is 5.82 Å². The molecule has 0 bridgehead atoms. The second-order valence-electron chi connectivity index (χ2n) is 4.68. The predicted octanol–water partition coefficient (Wildman–Crippen LogP) is 1.41. The van der Waals surface area contributed by atoms with Crippen LogP contribution >= 0.6 is 0 Å². The Morgan fingerprint density at radius 3 is 2.40 bits per heavy atom. The molecule has 1 aromatic rings. The number of hydrogen-bond donors (Lipinski definition) is 2. The molecule has 0 unspecified atom stereocenters. The summed E-state index contributed by atoms with van der Waals surface area (Å²) in [6, 6.07) is 4.64. The second-order valence-corrected chi connectivity index (χ2v) is 6.44. The molecule has 0 aliphatic carbocycles. The summed E-state index contributed by atoms with van der Waals surface area (Å²) in [6.07, 6.45) is 0.656. The average molecular weight is 302 g/mol. The Bertz CT molecular complexity index is 541. The van der Waals surface area contributed by atoms with Crippen molar-refractivity contribution in [3.63, 3.8) is 0 Å². The van der Waals surface area contributed by atoms with Crippen LogP contribution in [-0.4, -0.2) is 26.9 Å². The first-order valence-electron chi connectivity index (χ1n) is 6.36. The van der Waals surface area contributed by atoms with E-state index in [0.29, 0.717) is 6.42 Å². The van der Waals surface area contributed by atoms with Gasteiger partial charge in [-0.05, 0) is 44.5 Å². The van der Waals surface area contributed by atoms with Gasteiger partial charge in [-0.25, -0.2) is 17.5 Å². The van der Waals surface area contributed by atoms with Crippen LogP contribution in [0.2, 0.25) is 0 Å². The lowest BCUT2D eigenvalue weighted by molar-refractivity contribution is -0.121. The molecule has 0 aromatic heterocycles. The van der Waals surface area contributed by atoms with Crippen molar-refractivity contribution < 1.29 is 17.6 Å². The molecule has 5 nitrogen and oxygen atoms in total. The smallest absolute Gasteiger partial charge is 0.240 e. The molecule has 20 heavy (non-hydrogen) atoms. The van der Waals surface area contributed by atoms with Crippen LogP contribution in [0.5, 0.6) is 0 Å². The van der Waals surface area contributed by atoms with Gasteiger partial charge in [0, 0.05) is 19.0 Å². The maximum absolute atomic E-state index is 12.7. The highest BCUT2D eigenvalue weighted by Gasteiger charge is 2.13. The first-order chi connectivity index (χ1) is 9.31. The Morgan fingerprint density at radius 1 is 1.25 bits per heavy atom. The van der Waals surface area contributed by atoms with Crippen LogP contribution in [-0.2, 0) is 14.8 Å². The van der Waals surface area contributed by atoms with Crippen LogP contribution in [0.25, 0.3) is 0 Å². The maximum Gasteiger partial charge on any atom is 0.240 e. The Labute approximate surface area is 118 Å². The molecule has 112 valence electrons. The number of hydrogen-bond acceptors (Lipinski definition) is 3. The van der Waals surface area contributed by atoms with E-state index in [0.717, 1.165) is 12.1 Å². The summed E-state index contributed by atoms with van der Waals surface area (Å²) >= 11 is 0. The van der Waals surface area contributed by atoms with E-state index in [9.17, 15) is 17.6 Å². The van der Waals surface area contributed by atoms with Gasteiger partial charge >= 0.3 is 0 Å². The summed E-state index contributed by atoms with van der Waals surface area (Å²) in [7, 11) is -3.65. The first kappa shape index (κ1) is 16.6. The van der Waals surface area contributed by atoms with E-state index >= 15 is 0 Å². The zero-order valence-electron chi connectivity index (χ0n) is 11.5. The maximum atomic E-state index is 12.7. The van der Waals surface area contributed by atoms with Gasteiger partial charge in [-0.1, -0.05) is 0 Å². The molecule has 0 heterocycles. The third-order valence-electron chi connectivity index (χ3n) is 2.45. The highest BCUT2D eigenvalue weighted by molar-refractivity contribution is 7.89. The largest absolute Gasteiger partial charge is 0.354 e. The van der Waals surface area contributed by atoms with E-state index in [1.807, 2.05) is 13.8 Å². The molecule has 0 aliphatic heterocycles. The Hall–Kier alpha value is -1.47. The molecule has 0 atom stereocenters. The van der Waals surface area contributed by atoms with Crippen molar-refractivity contribution in [3.8, 4) is 0 Å². The Morgan fingerprint density at radius 2 is 1.85 bits per heavy atom. The first-order valence-corrected chi connectivity index (χ1v) is 7.84. The Kier molecular flexibility index (Phi) is 6.09. The van der Waals surface area contributed by atoms with Gasteiger partial charge in [-0.2, -0.15) is 0 Å². The molecule has 7 heteroatoms. The van der Waals surface area contributed by atoms with Gasteiger partial charge in [-0.3, -0.25) is 4.79 Å². The van der Waals surface area contributed by atoms with Crippen LogP contribution in [0.4, 0.5) is 4.39 Å². The van der Waals surface area contributed by atoms with Crippen molar-refractivity contribution in [3.05, 3.63) is 30.1 Å². The van der Waals surface area contributed by atoms with Crippen molar-refractivity contribution in [2.24, 2.45) is 0 Å². The minimum absolute atomic E-state index is 0.00512.